The molecule has 1 amide bonds. The number of amides is 1. The maximum absolute atomic E-state index is 12.2. The summed E-state index contributed by atoms with van der Waals surface area (Å²) >= 11 is 3.43. The first kappa shape index (κ1) is 17.4. The molecule has 6 nitrogen and oxygen atoms in total. The molecule has 7 heteroatoms. The second-order valence-corrected chi connectivity index (χ2v) is 6.73. The first-order valence-corrected chi connectivity index (χ1v) is 9.05. The Labute approximate surface area is 163 Å². The average Bonchev–Trinajstić information content (AvgIpc) is 3.16. The van der Waals surface area contributed by atoms with Gasteiger partial charge in [0.05, 0.1) is 6.21 Å². The van der Waals surface area contributed by atoms with Gasteiger partial charge in [-0.2, -0.15) is 5.10 Å². The fourth-order valence-corrected chi connectivity index (χ4v) is 3.00. The minimum absolute atomic E-state index is 0.131. The van der Waals surface area contributed by atoms with Gasteiger partial charge in [0, 0.05) is 10.0 Å². The number of furan rings is 1. The van der Waals surface area contributed by atoms with Gasteiger partial charge in [0.1, 0.15) is 18.1 Å². The van der Waals surface area contributed by atoms with Crippen LogP contribution in [-0.4, -0.2) is 24.8 Å². The van der Waals surface area contributed by atoms with Crippen LogP contribution in [0.2, 0.25) is 0 Å². The molecule has 0 aliphatic carbocycles. The molecule has 0 bridgehead atoms. The number of benzene rings is 2. The summed E-state index contributed by atoms with van der Waals surface area (Å²) in [4.78, 5) is 12.2. The van der Waals surface area contributed by atoms with Gasteiger partial charge in [-0.1, -0.05) is 40.2 Å². The molecule has 1 aliphatic heterocycles. The summed E-state index contributed by atoms with van der Waals surface area (Å²) in [5, 5.41) is 3.93. The number of carbonyl (C=O) groups is 1. The number of halogens is 1. The number of hydrogen-bond donors (Lipinski definition) is 1. The van der Waals surface area contributed by atoms with Crippen molar-refractivity contribution in [1.82, 2.24) is 5.43 Å². The highest BCUT2D eigenvalue weighted by Crippen LogP contribution is 2.30. The maximum atomic E-state index is 12.2. The molecule has 27 heavy (non-hydrogen) atoms. The first-order valence-electron chi connectivity index (χ1n) is 8.26. The van der Waals surface area contributed by atoms with Crippen LogP contribution in [0.25, 0.3) is 11.3 Å². The average molecular weight is 427 g/mol. The number of hydrazone groups is 1. The van der Waals surface area contributed by atoms with Crippen LogP contribution in [0, 0.1) is 0 Å². The van der Waals surface area contributed by atoms with E-state index in [0.717, 1.165) is 10.0 Å². The van der Waals surface area contributed by atoms with Crippen LogP contribution < -0.4 is 14.9 Å². The molecule has 0 saturated carbocycles. The highest BCUT2D eigenvalue weighted by molar-refractivity contribution is 9.10. The Balaban J connectivity index is 1.36. The summed E-state index contributed by atoms with van der Waals surface area (Å²) in [6, 6.07) is 18.6. The topological polar surface area (TPSA) is 73.1 Å². The van der Waals surface area contributed by atoms with Crippen LogP contribution >= 0.6 is 15.9 Å². The van der Waals surface area contributed by atoms with Crippen molar-refractivity contribution in [3.63, 3.8) is 0 Å². The Morgan fingerprint density at radius 3 is 2.81 bits per heavy atom. The molecular weight excluding hydrogens is 412 g/mol. The van der Waals surface area contributed by atoms with Crippen molar-refractivity contribution in [2.45, 2.75) is 6.10 Å². The molecular formula is C20H15BrN2O4. The van der Waals surface area contributed by atoms with E-state index in [1.54, 1.807) is 18.2 Å². The lowest BCUT2D eigenvalue weighted by Crippen LogP contribution is -2.42. The fourth-order valence-electron chi connectivity index (χ4n) is 2.60. The molecule has 4 rings (SSSR count). The molecule has 0 spiro atoms. The number of para-hydroxylation sites is 2. The summed E-state index contributed by atoms with van der Waals surface area (Å²) < 4.78 is 17.8. The van der Waals surface area contributed by atoms with Crippen LogP contribution in [0.1, 0.15) is 5.76 Å². The molecule has 1 atom stereocenters. The molecule has 2 aromatic carbocycles. The minimum Gasteiger partial charge on any atom is -0.485 e. The molecule has 1 N–H and O–H groups in total. The van der Waals surface area contributed by atoms with Gasteiger partial charge in [0.25, 0.3) is 5.91 Å². The zero-order valence-corrected chi connectivity index (χ0v) is 15.7. The van der Waals surface area contributed by atoms with Crippen molar-refractivity contribution in [3.05, 3.63) is 70.9 Å². The highest BCUT2D eigenvalue weighted by Gasteiger charge is 2.26. The van der Waals surface area contributed by atoms with Gasteiger partial charge in [0.15, 0.2) is 11.5 Å². The molecule has 0 saturated heterocycles. The van der Waals surface area contributed by atoms with Crippen molar-refractivity contribution in [3.8, 4) is 22.8 Å². The van der Waals surface area contributed by atoms with Gasteiger partial charge in [-0.3, -0.25) is 4.79 Å². The van der Waals surface area contributed by atoms with Crippen LogP contribution in [0.3, 0.4) is 0 Å². The first-order chi connectivity index (χ1) is 13.2. The number of nitrogens with zero attached hydrogens (tertiary/aromatic N) is 1. The molecule has 136 valence electrons. The largest absolute Gasteiger partial charge is 0.485 e. The zero-order valence-electron chi connectivity index (χ0n) is 14.1. The van der Waals surface area contributed by atoms with Gasteiger partial charge >= 0.3 is 0 Å². The van der Waals surface area contributed by atoms with E-state index in [1.165, 1.54) is 6.21 Å². The van der Waals surface area contributed by atoms with Crippen LogP contribution in [0.15, 0.2) is 74.7 Å². The van der Waals surface area contributed by atoms with Crippen LogP contribution in [0.5, 0.6) is 11.5 Å². The molecule has 0 fully saturated rings. The fraction of sp³-hybridized carbons (Fsp3) is 0.100. The third kappa shape index (κ3) is 4.03. The molecule has 0 unspecified atom stereocenters. The SMILES string of the molecule is O=C(N/N=C/c1ccc(-c2cccc(Br)c2)o1)[C@H]1COc2ccccc2O1. The van der Waals surface area contributed by atoms with E-state index in [1.807, 2.05) is 42.5 Å². The van der Waals surface area contributed by atoms with E-state index < -0.39 is 6.10 Å². The van der Waals surface area contributed by atoms with Crippen molar-refractivity contribution < 1.29 is 18.7 Å². The number of hydrogen-bond acceptors (Lipinski definition) is 5. The number of rotatable bonds is 4. The van der Waals surface area contributed by atoms with Gasteiger partial charge in [0.2, 0.25) is 6.10 Å². The highest BCUT2D eigenvalue weighted by atomic mass is 79.9. The van der Waals surface area contributed by atoms with Crippen LogP contribution in [-0.2, 0) is 4.79 Å². The van der Waals surface area contributed by atoms with Crippen LogP contribution in [0.4, 0.5) is 0 Å². The molecule has 0 radical (unpaired) electrons. The van der Waals surface area contributed by atoms with Gasteiger partial charge in [-0.05, 0) is 36.4 Å². The predicted octanol–water partition coefficient (Wildman–Crippen LogP) is 4.00. The number of fused-ring (bicyclic) bond motifs is 1. The summed E-state index contributed by atoms with van der Waals surface area (Å²) in [5.41, 5.74) is 3.39. The maximum Gasteiger partial charge on any atom is 0.284 e. The van der Waals surface area contributed by atoms with Crippen molar-refractivity contribution in [1.29, 1.82) is 0 Å². The number of ether oxygens (including phenoxy) is 2. The van der Waals surface area contributed by atoms with E-state index in [-0.39, 0.29) is 12.5 Å². The van der Waals surface area contributed by atoms with Gasteiger partial charge in [-0.25, -0.2) is 5.43 Å². The quantitative estimate of drug-likeness (QED) is 0.505. The Bertz CT molecular complexity index is 999. The minimum atomic E-state index is -0.758. The smallest absolute Gasteiger partial charge is 0.284 e. The zero-order chi connectivity index (χ0) is 18.6. The van der Waals surface area contributed by atoms with Gasteiger partial charge < -0.3 is 13.9 Å². The standard InChI is InChI=1S/C20H15BrN2O4/c21-14-5-3-4-13(10-14)16-9-8-15(26-16)11-22-23-20(24)19-12-25-17-6-1-2-7-18(17)27-19/h1-11,19H,12H2,(H,23,24)/b22-11+/t19-/m1/s1. The lowest BCUT2D eigenvalue weighted by molar-refractivity contribution is -0.130. The monoisotopic (exact) mass is 426 g/mol. The van der Waals surface area contributed by atoms with Crippen molar-refractivity contribution >= 4 is 28.1 Å². The Morgan fingerprint density at radius 1 is 1.11 bits per heavy atom. The lowest BCUT2D eigenvalue weighted by atomic mass is 10.2. The normalized spacial score (nSPS) is 15.7. The van der Waals surface area contributed by atoms with E-state index >= 15 is 0 Å². The van der Waals surface area contributed by atoms with E-state index in [9.17, 15) is 4.79 Å². The second kappa shape index (κ2) is 7.67. The summed E-state index contributed by atoms with van der Waals surface area (Å²) in [6.07, 6.45) is 0.683. The molecule has 3 aromatic rings. The molecule has 1 aromatic heterocycles. The molecule has 1 aliphatic rings. The van der Waals surface area contributed by atoms with Crippen molar-refractivity contribution in [2.24, 2.45) is 5.10 Å². The third-order valence-corrected chi connectivity index (χ3v) is 4.40. The summed E-state index contributed by atoms with van der Waals surface area (Å²) in [6.45, 7) is 0.131. The third-order valence-electron chi connectivity index (χ3n) is 3.90. The Morgan fingerprint density at radius 2 is 1.96 bits per heavy atom. The Hall–Kier alpha value is -3.06. The second-order valence-electron chi connectivity index (χ2n) is 5.81. The van der Waals surface area contributed by atoms with E-state index in [4.69, 9.17) is 13.9 Å². The number of nitrogens with one attached hydrogen (secondary N) is 1. The summed E-state index contributed by atoms with van der Waals surface area (Å²) in [5.74, 6) is 2.01. The van der Waals surface area contributed by atoms with E-state index in [2.05, 4.69) is 26.5 Å². The number of carbonyl (C=O) groups excluding carboxylic acids is 1. The summed E-state index contributed by atoms with van der Waals surface area (Å²) in [7, 11) is 0. The van der Waals surface area contributed by atoms with E-state index in [0.29, 0.717) is 23.0 Å². The lowest BCUT2D eigenvalue weighted by Gasteiger charge is -2.24. The Kier molecular flexibility index (Phi) is 4.93. The van der Waals surface area contributed by atoms with Gasteiger partial charge in [-0.15, -0.1) is 0 Å². The molecule has 2 heterocycles. The van der Waals surface area contributed by atoms with Crippen molar-refractivity contribution in [2.75, 3.05) is 6.61 Å². The predicted molar refractivity (Wildman–Crippen MR) is 104 cm³/mol.